The van der Waals surface area contributed by atoms with Crippen LogP contribution < -0.4 is 5.32 Å². The summed E-state index contributed by atoms with van der Waals surface area (Å²) in [6.45, 7) is 1.95. The van der Waals surface area contributed by atoms with E-state index in [1.807, 2.05) is 0 Å². The van der Waals surface area contributed by atoms with Gasteiger partial charge in [-0.25, -0.2) is 0 Å². The SMILES string of the molecule is COCCC1CCNc2ccccc21. The van der Waals surface area contributed by atoms with Gasteiger partial charge in [-0.3, -0.25) is 0 Å². The van der Waals surface area contributed by atoms with Crippen LogP contribution in [0.2, 0.25) is 0 Å². The third kappa shape index (κ3) is 1.90. The summed E-state index contributed by atoms with van der Waals surface area (Å²) in [5, 5.41) is 3.43. The molecule has 0 amide bonds. The van der Waals surface area contributed by atoms with Gasteiger partial charge in [0.05, 0.1) is 0 Å². The zero-order valence-corrected chi connectivity index (χ0v) is 8.62. The summed E-state index contributed by atoms with van der Waals surface area (Å²) in [6.07, 6.45) is 2.36. The van der Waals surface area contributed by atoms with Crippen molar-refractivity contribution in [3.05, 3.63) is 29.8 Å². The fraction of sp³-hybridized carbons (Fsp3) is 0.500. The molecule has 0 radical (unpaired) electrons. The first-order valence-electron chi connectivity index (χ1n) is 5.23. The second-order valence-electron chi connectivity index (χ2n) is 3.78. The molecule has 0 spiro atoms. The Labute approximate surface area is 85.3 Å². The Morgan fingerprint density at radius 1 is 1.43 bits per heavy atom. The average Bonchev–Trinajstić information content (AvgIpc) is 2.26. The fourth-order valence-electron chi connectivity index (χ4n) is 2.11. The summed E-state index contributed by atoms with van der Waals surface area (Å²) in [4.78, 5) is 0. The maximum Gasteiger partial charge on any atom is 0.0468 e. The molecule has 2 nitrogen and oxygen atoms in total. The van der Waals surface area contributed by atoms with E-state index in [0.29, 0.717) is 5.92 Å². The van der Waals surface area contributed by atoms with E-state index in [1.165, 1.54) is 17.7 Å². The standard InChI is InChI=1S/C12H17NO/c1-14-9-7-10-6-8-13-12-5-3-2-4-11(10)12/h2-5,10,13H,6-9H2,1H3. The Hall–Kier alpha value is -1.02. The molecular formula is C12H17NO. The zero-order chi connectivity index (χ0) is 9.80. The molecule has 1 atom stereocenters. The highest BCUT2D eigenvalue weighted by Crippen LogP contribution is 2.33. The average molecular weight is 191 g/mol. The molecule has 1 aromatic carbocycles. The number of hydrogen-bond donors (Lipinski definition) is 1. The topological polar surface area (TPSA) is 21.3 Å². The molecule has 1 aromatic rings. The van der Waals surface area contributed by atoms with Crippen molar-refractivity contribution in [3.8, 4) is 0 Å². The number of para-hydroxylation sites is 1. The predicted octanol–water partition coefficient (Wildman–Crippen LogP) is 2.62. The number of hydrogen-bond acceptors (Lipinski definition) is 2. The van der Waals surface area contributed by atoms with Gasteiger partial charge in [-0.05, 0) is 30.4 Å². The molecule has 1 aliphatic rings. The summed E-state index contributed by atoms with van der Waals surface area (Å²) in [5.74, 6) is 0.674. The van der Waals surface area contributed by atoms with Crippen LogP contribution in [0.15, 0.2) is 24.3 Å². The van der Waals surface area contributed by atoms with Crippen LogP contribution in [0.4, 0.5) is 5.69 Å². The Bertz CT molecular complexity index is 298. The van der Waals surface area contributed by atoms with Crippen molar-refractivity contribution < 1.29 is 4.74 Å². The largest absolute Gasteiger partial charge is 0.385 e. The van der Waals surface area contributed by atoms with E-state index < -0.39 is 0 Å². The molecule has 0 saturated carbocycles. The molecule has 0 bridgehead atoms. The van der Waals surface area contributed by atoms with Crippen molar-refractivity contribution in [2.75, 3.05) is 25.6 Å². The van der Waals surface area contributed by atoms with E-state index >= 15 is 0 Å². The highest BCUT2D eigenvalue weighted by Gasteiger charge is 2.18. The molecule has 76 valence electrons. The monoisotopic (exact) mass is 191 g/mol. The molecule has 1 unspecified atom stereocenters. The number of nitrogens with one attached hydrogen (secondary N) is 1. The second kappa shape index (κ2) is 4.47. The van der Waals surface area contributed by atoms with Crippen molar-refractivity contribution in [2.45, 2.75) is 18.8 Å². The molecule has 1 N–H and O–H groups in total. The minimum atomic E-state index is 0.674. The molecular weight excluding hydrogens is 174 g/mol. The summed E-state index contributed by atoms with van der Waals surface area (Å²) in [5.41, 5.74) is 2.76. The van der Waals surface area contributed by atoms with E-state index in [1.54, 1.807) is 7.11 Å². The van der Waals surface area contributed by atoms with E-state index in [-0.39, 0.29) is 0 Å². The van der Waals surface area contributed by atoms with Crippen molar-refractivity contribution in [2.24, 2.45) is 0 Å². The number of anilines is 1. The van der Waals surface area contributed by atoms with Crippen LogP contribution in [0.3, 0.4) is 0 Å². The van der Waals surface area contributed by atoms with E-state index in [4.69, 9.17) is 4.74 Å². The summed E-state index contributed by atoms with van der Waals surface area (Å²) >= 11 is 0. The lowest BCUT2D eigenvalue weighted by Gasteiger charge is -2.26. The normalized spacial score (nSPS) is 19.9. The van der Waals surface area contributed by atoms with Gasteiger partial charge in [-0.15, -0.1) is 0 Å². The second-order valence-corrected chi connectivity index (χ2v) is 3.78. The first-order valence-corrected chi connectivity index (χ1v) is 5.23. The third-order valence-corrected chi connectivity index (χ3v) is 2.88. The molecule has 1 aliphatic heterocycles. The molecule has 0 fully saturated rings. The summed E-state index contributed by atoms with van der Waals surface area (Å²) < 4.78 is 5.14. The van der Waals surface area contributed by atoms with Crippen LogP contribution >= 0.6 is 0 Å². The Kier molecular flexibility index (Phi) is 3.04. The van der Waals surface area contributed by atoms with E-state index in [2.05, 4.69) is 29.6 Å². The van der Waals surface area contributed by atoms with Gasteiger partial charge in [0.25, 0.3) is 0 Å². The van der Waals surface area contributed by atoms with Gasteiger partial charge in [-0.1, -0.05) is 18.2 Å². The molecule has 0 saturated heterocycles. The van der Waals surface area contributed by atoms with Crippen molar-refractivity contribution >= 4 is 5.69 Å². The summed E-state index contributed by atoms with van der Waals surface area (Å²) in [7, 11) is 1.77. The Morgan fingerprint density at radius 3 is 3.14 bits per heavy atom. The molecule has 1 heterocycles. The molecule has 0 aromatic heterocycles. The van der Waals surface area contributed by atoms with Gasteiger partial charge in [-0.2, -0.15) is 0 Å². The van der Waals surface area contributed by atoms with Crippen LogP contribution in [0.5, 0.6) is 0 Å². The maximum atomic E-state index is 5.14. The Morgan fingerprint density at radius 2 is 2.29 bits per heavy atom. The first-order chi connectivity index (χ1) is 6.92. The van der Waals surface area contributed by atoms with Gasteiger partial charge in [0.15, 0.2) is 0 Å². The van der Waals surface area contributed by atoms with Gasteiger partial charge in [0.2, 0.25) is 0 Å². The lowest BCUT2D eigenvalue weighted by Crippen LogP contribution is -2.17. The number of benzene rings is 1. The number of methoxy groups -OCH3 is 1. The molecule has 2 heteroatoms. The number of rotatable bonds is 3. The van der Waals surface area contributed by atoms with Gasteiger partial charge in [0, 0.05) is 25.9 Å². The van der Waals surface area contributed by atoms with Crippen LogP contribution in [0, 0.1) is 0 Å². The minimum Gasteiger partial charge on any atom is -0.385 e. The van der Waals surface area contributed by atoms with Gasteiger partial charge < -0.3 is 10.1 Å². The van der Waals surface area contributed by atoms with Crippen molar-refractivity contribution in [1.82, 2.24) is 0 Å². The summed E-state index contributed by atoms with van der Waals surface area (Å²) in [6, 6.07) is 8.59. The van der Waals surface area contributed by atoms with Gasteiger partial charge >= 0.3 is 0 Å². The van der Waals surface area contributed by atoms with Crippen LogP contribution in [0.25, 0.3) is 0 Å². The van der Waals surface area contributed by atoms with E-state index in [9.17, 15) is 0 Å². The van der Waals surface area contributed by atoms with Crippen molar-refractivity contribution in [3.63, 3.8) is 0 Å². The van der Waals surface area contributed by atoms with Crippen LogP contribution in [-0.4, -0.2) is 20.3 Å². The predicted molar refractivity (Wildman–Crippen MR) is 58.8 cm³/mol. The molecule has 0 aliphatic carbocycles. The van der Waals surface area contributed by atoms with Crippen molar-refractivity contribution in [1.29, 1.82) is 0 Å². The fourth-order valence-corrected chi connectivity index (χ4v) is 2.11. The highest BCUT2D eigenvalue weighted by molar-refractivity contribution is 5.54. The van der Waals surface area contributed by atoms with Crippen LogP contribution in [-0.2, 0) is 4.74 Å². The smallest absolute Gasteiger partial charge is 0.0468 e. The lowest BCUT2D eigenvalue weighted by molar-refractivity contribution is 0.186. The Balaban J connectivity index is 2.14. The number of fused-ring (bicyclic) bond motifs is 1. The minimum absolute atomic E-state index is 0.674. The van der Waals surface area contributed by atoms with Gasteiger partial charge in [0.1, 0.15) is 0 Å². The quantitative estimate of drug-likeness (QED) is 0.793. The van der Waals surface area contributed by atoms with E-state index in [0.717, 1.165) is 19.6 Å². The molecule has 2 rings (SSSR count). The molecule has 14 heavy (non-hydrogen) atoms. The first kappa shape index (κ1) is 9.53. The highest BCUT2D eigenvalue weighted by atomic mass is 16.5. The third-order valence-electron chi connectivity index (χ3n) is 2.88. The lowest BCUT2D eigenvalue weighted by atomic mass is 9.89. The number of ether oxygens (including phenoxy) is 1. The maximum absolute atomic E-state index is 5.14. The zero-order valence-electron chi connectivity index (χ0n) is 8.62. The van der Waals surface area contributed by atoms with Crippen LogP contribution in [0.1, 0.15) is 24.3 Å².